The van der Waals surface area contributed by atoms with Gasteiger partial charge >= 0.3 is 18.0 Å². The topological polar surface area (TPSA) is 239 Å². The summed E-state index contributed by atoms with van der Waals surface area (Å²) < 4.78 is 43.5. The van der Waals surface area contributed by atoms with Gasteiger partial charge < -0.3 is 73.8 Å². The van der Waals surface area contributed by atoms with Crippen molar-refractivity contribution in [1.82, 2.24) is 14.7 Å². The van der Waals surface area contributed by atoms with Crippen molar-refractivity contribution < 1.29 is 73.1 Å². The van der Waals surface area contributed by atoms with Gasteiger partial charge in [0.2, 0.25) is 0 Å². The first kappa shape index (κ1) is 61.3. The fourth-order valence-corrected chi connectivity index (χ4v) is 11.4. The molecule has 0 spiro atoms. The average molecular weight is 1050 g/mol. The molecule has 3 heterocycles. The first-order chi connectivity index (χ1) is 34.7. The second-order valence-electron chi connectivity index (χ2n) is 22.3. The van der Waals surface area contributed by atoms with Crippen molar-refractivity contribution in [3.63, 3.8) is 0 Å². The number of ether oxygens (including phenoxy) is 7. The van der Waals surface area contributed by atoms with Crippen LogP contribution >= 0.6 is 0 Å². The second kappa shape index (κ2) is 26.2. The third-order valence-corrected chi connectivity index (χ3v) is 15.9. The molecule has 19 nitrogen and oxygen atoms in total. The summed E-state index contributed by atoms with van der Waals surface area (Å²) in [6.07, 6.45) is -9.83. The van der Waals surface area contributed by atoms with Gasteiger partial charge in [0.1, 0.15) is 30.0 Å². The molecule has 0 radical (unpaired) electrons. The molecule has 3 aliphatic heterocycles. The van der Waals surface area contributed by atoms with E-state index in [1.165, 1.54) is 18.9 Å². The fraction of sp³-hybridized carbons (Fsp3) is 0.764. The van der Waals surface area contributed by atoms with Crippen LogP contribution in [0.5, 0.6) is 0 Å². The zero-order valence-electron chi connectivity index (χ0n) is 46.4. The minimum atomic E-state index is -2.02. The number of rotatable bonds is 15. The molecular weight excluding hydrogens is 957 g/mol. The number of aliphatic hydroxyl groups is 5. The standard InChI is InChI=1S/C55H90N4O15/c1-15-42-55(11,67)47(62)36(7)59(26-25-58(24-23-43(60)69-16-2)52(65)56-40-22-21-38-19-17-18-20-39(38)28-40)31-32(3)29-53(9,66)49(74-51-45(61)41(57(12)13)27-33(4)70-51)34(5)46(35(6)50(64)72-42)73-44-30-54(10,68-14)48(63)37(8)71-44/h17-22,28,32-37,41-42,44-49,51,61-63,66-67H,15-16,23-27,29-31H2,1-14H3,(H,56,65)/t32-,33-,34+,35-,36-,37+,41+,42-,44-,45-,46+,47-,48+,49-,51+,53-,54-,55-/m1/s1. The molecule has 0 aliphatic carbocycles. The number of nitrogens with zero attached hydrogens (tertiary/aromatic N) is 3. The molecule has 3 fully saturated rings. The van der Waals surface area contributed by atoms with Crippen LogP contribution in [0.3, 0.4) is 0 Å². The molecule has 420 valence electrons. The Hall–Kier alpha value is -3.57. The van der Waals surface area contributed by atoms with Crippen molar-refractivity contribution in [1.29, 1.82) is 0 Å². The number of carbonyl (C=O) groups is 3. The Labute approximate surface area is 439 Å². The summed E-state index contributed by atoms with van der Waals surface area (Å²) in [4.78, 5) is 46.9. The normalized spacial score (nSPS) is 38.2. The summed E-state index contributed by atoms with van der Waals surface area (Å²) in [6, 6.07) is 11.7. The highest BCUT2D eigenvalue weighted by Gasteiger charge is 2.53. The predicted molar refractivity (Wildman–Crippen MR) is 279 cm³/mol. The maximum absolute atomic E-state index is 14.7. The van der Waals surface area contributed by atoms with Gasteiger partial charge in [-0.3, -0.25) is 14.5 Å². The van der Waals surface area contributed by atoms with Gasteiger partial charge in [-0.25, -0.2) is 4.79 Å². The van der Waals surface area contributed by atoms with Crippen LogP contribution in [0, 0.1) is 17.8 Å². The van der Waals surface area contributed by atoms with Crippen molar-refractivity contribution in [3.8, 4) is 0 Å². The maximum atomic E-state index is 14.7. The van der Waals surface area contributed by atoms with Gasteiger partial charge in [0.15, 0.2) is 12.6 Å². The minimum absolute atomic E-state index is 0.00960. The van der Waals surface area contributed by atoms with Crippen molar-refractivity contribution in [2.75, 3.05) is 59.3 Å². The molecule has 6 N–H and O–H groups in total. The van der Waals surface area contributed by atoms with Gasteiger partial charge in [0.05, 0.1) is 54.6 Å². The number of urea groups is 1. The van der Waals surface area contributed by atoms with Gasteiger partial charge in [-0.05, 0) is 118 Å². The summed E-state index contributed by atoms with van der Waals surface area (Å²) in [5, 5.41) is 65.6. The highest BCUT2D eigenvalue weighted by atomic mass is 16.7. The van der Waals surface area contributed by atoms with Crippen LogP contribution < -0.4 is 5.32 Å². The lowest BCUT2D eigenvalue weighted by atomic mass is 9.77. The summed E-state index contributed by atoms with van der Waals surface area (Å²) >= 11 is 0. The number of amides is 2. The summed E-state index contributed by atoms with van der Waals surface area (Å²) in [6.45, 7) is 19.5. The number of aliphatic hydroxyl groups excluding tert-OH is 3. The molecule has 0 saturated carbocycles. The van der Waals surface area contributed by atoms with E-state index in [1.807, 2.05) is 74.1 Å². The Kier molecular flexibility index (Phi) is 21.7. The van der Waals surface area contributed by atoms with E-state index in [1.54, 1.807) is 61.5 Å². The van der Waals surface area contributed by atoms with Gasteiger partial charge in [0, 0.05) is 63.4 Å². The van der Waals surface area contributed by atoms with E-state index in [2.05, 4.69) is 5.32 Å². The number of nitrogens with one attached hydrogen (secondary N) is 1. The van der Waals surface area contributed by atoms with Crippen LogP contribution in [0.1, 0.15) is 108 Å². The monoisotopic (exact) mass is 1050 g/mol. The molecule has 0 aromatic heterocycles. The molecule has 74 heavy (non-hydrogen) atoms. The van der Waals surface area contributed by atoms with E-state index in [-0.39, 0.29) is 76.5 Å². The Morgan fingerprint density at radius 1 is 0.892 bits per heavy atom. The summed E-state index contributed by atoms with van der Waals surface area (Å²) in [5.74, 6) is -3.61. The number of likely N-dealkylation sites (N-methyl/N-ethyl adjacent to an activating group) is 1. The lowest BCUT2D eigenvalue weighted by Crippen LogP contribution is -2.60. The summed E-state index contributed by atoms with van der Waals surface area (Å²) in [5.41, 5.74) is -4.30. The lowest BCUT2D eigenvalue weighted by Gasteiger charge is -2.48. The average Bonchev–Trinajstić information content (AvgIpc) is 3.34. The second-order valence-corrected chi connectivity index (χ2v) is 22.3. The van der Waals surface area contributed by atoms with Crippen molar-refractivity contribution >= 4 is 34.4 Å². The molecule has 2 aromatic rings. The largest absolute Gasteiger partial charge is 0.466 e. The Balaban J connectivity index is 1.56. The molecule has 3 aliphatic rings. The zero-order valence-corrected chi connectivity index (χ0v) is 46.4. The Bertz CT molecular complexity index is 2130. The Morgan fingerprint density at radius 2 is 1.57 bits per heavy atom. The first-order valence-corrected chi connectivity index (χ1v) is 26.6. The van der Waals surface area contributed by atoms with Gasteiger partial charge in [-0.1, -0.05) is 51.1 Å². The van der Waals surface area contributed by atoms with Crippen LogP contribution in [-0.2, 0) is 42.7 Å². The van der Waals surface area contributed by atoms with E-state index < -0.39 is 108 Å². The Morgan fingerprint density at radius 3 is 2.20 bits per heavy atom. The number of hydrogen-bond acceptors (Lipinski definition) is 17. The highest BCUT2D eigenvalue weighted by molar-refractivity contribution is 5.93. The number of fused-ring (bicyclic) bond motifs is 1. The predicted octanol–water partition coefficient (Wildman–Crippen LogP) is 4.91. The molecule has 5 rings (SSSR count). The van der Waals surface area contributed by atoms with E-state index in [9.17, 15) is 39.9 Å². The number of hydrogen-bond donors (Lipinski definition) is 6. The van der Waals surface area contributed by atoms with Crippen molar-refractivity contribution in [2.45, 2.75) is 199 Å². The number of anilines is 1. The van der Waals surface area contributed by atoms with E-state index in [0.717, 1.165) is 10.8 Å². The summed E-state index contributed by atoms with van der Waals surface area (Å²) in [7, 11) is 5.22. The van der Waals surface area contributed by atoms with Crippen LogP contribution in [0.4, 0.5) is 10.5 Å². The van der Waals surface area contributed by atoms with Gasteiger partial charge in [0.25, 0.3) is 0 Å². The van der Waals surface area contributed by atoms with Gasteiger partial charge in [-0.2, -0.15) is 0 Å². The molecule has 3 saturated heterocycles. The molecule has 2 aromatic carbocycles. The third kappa shape index (κ3) is 14.9. The van der Waals surface area contributed by atoms with Crippen LogP contribution in [-0.4, -0.2) is 202 Å². The molecular formula is C55H90N4O15. The number of cyclic esters (lactones) is 1. The zero-order chi connectivity index (χ0) is 55.0. The van der Waals surface area contributed by atoms with Crippen molar-refractivity contribution in [2.24, 2.45) is 17.8 Å². The maximum Gasteiger partial charge on any atom is 0.321 e. The van der Waals surface area contributed by atoms with E-state index in [4.69, 9.17) is 33.2 Å². The SMILES string of the molecule is CCOC(=O)CCN(CCN1C[C@H](C)C[C@@](C)(O)[C@H](O[C@@H]2O[C@H](C)C[C@H](N(C)C)[C@H]2O)[C@@H](C)[C@H](O[C@@H]2C[C@@](C)(OC)[C@@H](O)[C@H](C)O2)[C@@H](C)C(=O)O[C@H](CC)[C@@](C)(O)[C@H](O)[C@H]1C)C(=O)Nc1ccc2ccccc2c1. The van der Waals surface area contributed by atoms with E-state index >= 15 is 0 Å². The van der Waals surface area contributed by atoms with Crippen LogP contribution in [0.15, 0.2) is 42.5 Å². The first-order valence-electron chi connectivity index (χ1n) is 26.6. The number of methoxy groups -OCH3 is 1. The molecule has 0 unspecified atom stereocenters. The molecule has 0 bridgehead atoms. The van der Waals surface area contributed by atoms with E-state index in [0.29, 0.717) is 12.1 Å². The quantitative estimate of drug-likeness (QED) is 0.130. The highest BCUT2D eigenvalue weighted by Crippen LogP contribution is 2.40. The van der Waals surface area contributed by atoms with Crippen LogP contribution in [0.25, 0.3) is 10.8 Å². The fourth-order valence-electron chi connectivity index (χ4n) is 11.4. The molecule has 2 amide bonds. The lowest BCUT2D eigenvalue weighted by molar-refractivity contribution is -0.318. The number of benzene rings is 2. The minimum Gasteiger partial charge on any atom is -0.466 e. The smallest absolute Gasteiger partial charge is 0.321 e. The number of esters is 2. The molecule has 18 atom stereocenters. The van der Waals surface area contributed by atoms with Crippen molar-refractivity contribution in [3.05, 3.63) is 42.5 Å². The van der Waals surface area contributed by atoms with Crippen LogP contribution in [0.2, 0.25) is 0 Å². The van der Waals surface area contributed by atoms with Gasteiger partial charge in [-0.15, -0.1) is 0 Å². The third-order valence-electron chi connectivity index (χ3n) is 15.9. The molecule has 19 heteroatoms. The number of carbonyl (C=O) groups excluding carboxylic acids is 3.